The Morgan fingerprint density at radius 3 is 2.50 bits per heavy atom. The van der Waals surface area contributed by atoms with Crippen LogP contribution in [0.2, 0.25) is 5.02 Å². The lowest BCUT2D eigenvalue weighted by atomic mass is 10.1. The fourth-order valence-electron chi connectivity index (χ4n) is 0.775. The summed E-state index contributed by atoms with van der Waals surface area (Å²) >= 11 is 5.51. The van der Waals surface area contributed by atoms with Gasteiger partial charge in [-0.15, -0.1) is 0 Å². The first-order valence-electron chi connectivity index (χ1n) is 3.18. The average Bonchev–Trinajstić information content (AvgIpc) is 2.04. The van der Waals surface area contributed by atoms with Gasteiger partial charge < -0.3 is 0 Å². The lowest BCUT2D eigenvalue weighted by Gasteiger charge is -2.00. The Kier molecular flexibility index (Phi) is 2.76. The molecule has 1 rings (SSSR count). The van der Waals surface area contributed by atoms with Gasteiger partial charge in [-0.25, -0.2) is 8.78 Å². The summed E-state index contributed by atoms with van der Waals surface area (Å²) < 4.78 is 24.1. The van der Waals surface area contributed by atoms with Crippen LogP contribution in [0.3, 0.4) is 0 Å². The normalized spacial score (nSPS) is 10.3. The van der Waals surface area contributed by atoms with Crippen molar-refractivity contribution in [3.63, 3.8) is 0 Å². The summed E-state index contributed by atoms with van der Waals surface area (Å²) in [6, 6.07) is 3.55. The van der Waals surface area contributed by atoms with Gasteiger partial charge in [0.2, 0.25) is 0 Å². The van der Waals surface area contributed by atoms with Gasteiger partial charge in [0.25, 0.3) is 6.43 Å². The number of carbonyl (C=O) groups excluding carboxylic acids is 1. The van der Waals surface area contributed by atoms with Crippen LogP contribution in [-0.2, 0) is 0 Å². The van der Waals surface area contributed by atoms with Crippen molar-refractivity contribution in [3.8, 4) is 0 Å². The highest BCUT2D eigenvalue weighted by atomic mass is 35.5. The summed E-state index contributed by atoms with van der Waals surface area (Å²) in [6.45, 7) is 0. The number of halogens is 3. The fourth-order valence-corrected chi connectivity index (χ4v) is 1.01. The minimum Gasteiger partial charge on any atom is -0.298 e. The first-order chi connectivity index (χ1) is 5.65. The Labute approximate surface area is 73.0 Å². The van der Waals surface area contributed by atoms with Crippen LogP contribution in [-0.4, -0.2) is 6.29 Å². The SMILES string of the molecule is O=Cc1ccc(C(F)F)cc1Cl. The highest BCUT2D eigenvalue weighted by Crippen LogP contribution is 2.23. The monoisotopic (exact) mass is 190 g/mol. The molecule has 0 aliphatic heterocycles. The summed E-state index contributed by atoms with van der Waals surface area (Å²) in [5.74, 6) is 0. The molecule has 0 radical (unpaired) electrons. The molecule has 4 heteroatoms. The van der Waals surface area contributed by atoms with Gasteiger partial charge in [-0.1, -0.05) is 17.7 Å². The van der Waals surface area contributed by atoms with Crippen molar-refractivity contribution >= 4 is 17.9 Å². The zero-order chi connectivity index (χ0) is 9.14. The third-order valence-corrected chi connectivity index (χ3v) is 1.73. The second-order valence-electron chi connectivity index (χ2n) is 2.20. The van der Waals surface area contributed by atoms with Crippen LogP contribution < -0.4 is 0 Å². The van der Waals surface area contributed by atoms with E-state index in [1.54, 1.807) is 0 Å². The number of hydrogen-bond acceptors (Lipinski definition) is 1. The minimum atomic E-state index is -2.55. The lowest BCUT2D eigenvalue weighted by Crippen LogP contribution is -1.87. The number of hydrogen-bond donors (Lipinski definition) is 0. The Bertz CT molecular complexity index is 299. The number of carbonyl (C=O) groups is 1. The second kappa shape index (κ2) is 3.63. The maximum atomic E-state index is 12.0. The van der Waals surface area contributed by atoms with E-state index in [1.807, 2.05) is 0 Å². The maximum absolute atomic E-state index is 12.0. The molecule has 0 heterocycles. The molecular formula is C8H5ClF2O. The largest absolute Gasteiger partial charge is 0.298 e. The zero-order valence-corrected chi connectivity index (χ0v) is 6.68. The highest BCUT2D eigenvalue weighted by molar-refractivity contribution is 6.33. The van der Waals surface area contributed by atoms with E-state index >= 15 is 0 Å². The second-order valence-corrected chi connectivity index (χ2v) is 2.61. The minimum absolute atomic E-state index is 0.0581. The molecule has 1 aromatic carbocycles. The van der Waals surface area contributed by atoms with E-state index in [0.29, 0.717) is 6.29 Å². The van der Waals surface area contributed by atoms with E-state index in [9.17, 15) is 13.6 Å². The molecule has 0 bridgehead atoms. The van der Waals surface area contributed by atoms with Gasteiger partial charge in [0, 0.05) is 11.1 Å². The number of alkyl halides is 2. The molecule has 0 amide bonds. The lowest BCUT2D eigenvalue weighted by molar-refractivity contribution is 0.112. The predicted octanol–water partition coefficient (Wildman–Crippen LogP) is 3.09. The molecule has 0 saturated carbocycles. The predicted molar refractivity (Wildman–Crippen MR) is 41.8 cm³/mol. The van der Waals surface area contributed by atoms with E-state index < -0.39 is 6.43 Å². The molecule has 64 valence electrons. The first-order valence-corrected chi connectivity index (χ1v) is 3.55. The van der Waals surface area contributed by atoms with E-state index in [0.717, 1.165) is 6.07 Å². The van der Waals surface area contributed by atoms with Crippen LogP contribution in [0.1, 0.15) is 22.3 Å². The molecule has 0 atom stereocenters. The van der Waals surface area contributed by atoms with Crippen molar-refractivity contribution in [3.05, 3.63) is 34.3 Å². The molecule has 0 saturated heterocycles. The van der Waals surface area contributed by atoms with Crippen molar-refractivity contribution in [1.29, 1.82) is 0 Å². The van der Waals surface area contributed by atoms with Crippen molar-refractivity contribution in [1.82, 2.24) is 0 Å². The zero-order valence-electron chi connectivity index (χ0n) is 5.93. The van der Waals surface area contributed by atoms with Crippen LogP contribution in [0, 0.1) is 0 Å². The standard InChI is InChI=1S/C8H5ClF2O/c9-7-3-5(8(10)11)1-2-6(7)4-12/h1-4,8H. The molecule has 1 nitrogen and oxygen atoms in total. The molecule has 0 aliphatic rings. The van der Waals surface area contributed by atoms with E-state index in [4.69, 9.17) is 11.6 Å². The molecule has 1 aromatic rings. The van der Waals surface area contributed by atoms with Gasteiger partial charge in [0.05, 0.1) is 5.02 Å². The van der Waals surface area contributed by atoms with Gasteiger partial charge in [0.1, 0.15) is 0 Å². The Morgan fingerprint density at radius 2 is 2.08 bits per heavy atom. The molecule has 0 aromatic heterocycles. The molecule has 12 heavy (non-hydrogen) atoms. The first kappa shape index (κ1) is 9.13. The van der Waals surface area contributed by atoms with Gasteiger partial charge in [-0.2, -0.15) is 0 Å². The smallest absolute Gasteiger partial charge is 0.263 e. The Balaban J connectivity index is 3.10. The molecular weight excluding hydrogens is 186 g/mol. The average molecular weight is 191 g/mol. The van der Waals surface area contributed by atoms with Crippen LogP contribution in [0.5, 0.6) is 0 Å². The van der Waals surface area contributed by atoms with Crippen molar-refractivity contribution < 1.29 is 13.6 Å². The third kappa shape index (κ3) is 1.80. The molecule has 0 unspecified atom stereocenters. The summed E-state index contributed by atoms with van der Waals surface area (Å²) in [5, 5.41) is 0.0581. The topological polar surface area (TPSA) is 17.1 Å². The van der Waals surface area contributed by atoms with Gasteiger partial charge >= 0.3 is 0 Å². The van der Waals surface area contributed by atoms with Gasteiger partial charge in [0.15, 0.2) is 6.29 Å². The molecule has 0 aliphatic carbocycles. The number of aldehydes is 1. The van der Waals surface area contributed by atoms with Crippen LogP contribution in [0.15, 0.2) is 18.2 Å². The highest BCUT2D eigenvalue weighted by Gasteiger charge is 2.08. The van der Waals surface area contributed by atoms with Gasteiger partial charge in [-0.3, -0.25) is 4.79 Å². The maximum Gasteiger partial charge on any atom is 0.263 e. The Hall–Kier alpha value is -0.960. The summed E-state index contributed by atoms with van der Waals surface area (Å²) in [4.78, 5) is 10.2. The van der Waals surface area contributed by atoms with E-state index in [-0.39, 0.29) is 16.1 Å². The number of benzene rings is 1. The van der Waals surface area contributed by atoms with Crippen LogP contribution in [0.25, 0.3) is 0 Å². The summed E-state index contributed by atoms with van der Waals surface area (Å²) in [7, 11) is 0. The molecule has 0 spiro atoms. The Morgan fingerprint density at radius 1 is 1.42 bits per heavy atom. The van der Waals surface area contributed by atoms with Crippen molar-refractivity contribution in [2.75, 3.05) is 0 Å². The quantitative estimate of drug-likeness (QED) is 0.655. The summed E-state index contributed by atoms with van der Waals surface area (Å²) in [6.07, 6.45) is -2.03. The number of rotatable bonds is 2. The van der Waals surface area contributed by atoms with Crippen molar-refractivity contribution in [2.45, 2.75) is 6.43 Å². The third-order valence-electron chi connectivity index (χ3n) is 1.40. The molecule has 0 fully saturated rings. The van der Waals surface area contributed by atoms with Crippen LogP contribution >= 0.6 is 11.6 Å². The van der Waals surface area contributed by atoms with E-state index in [1.165, 1.54) is 12.1 Å². The van der Waals surface area contributed by atoms with Crippen LogP contribution in [0.4, 0.5) is 8.78 Å². The fraction of sp³-hybridized carbons (Fsp3) is 0.125. The molecule has 0 N–H and O–H groups in total. The van der Waals surface area contributed by atoms with E-state index in [2.05, 4.69) is 0 Å². The van der Waals surface area contributed by atoms with Gasteiger partial charge in [-0.05, 0) is 12.1 Å². The summed E-state index contributed by atoms with van der Waals surface area (Å²) in [5.41, 5.74) is 0.0478. The van der Waals surface area contributed by atoms with Crippen molar-refractivity contribution in [2.24, 2.45) is 0 Å².